The van der Waals surface area contributed by atoms with Gasteiger partial charge in [0, 0.05) is 39.1 Å². The van der Waals surface area contributed by atoms with Crippen molar-refractivity contribution in [2.45, 2.75) is 91.4 Å². The minimum Gasteiger partial charge on any atom is -0.416 e. The maximum atomic E-state index is 6.57. The molecule has 0 unspecified atom stereocenters. The van der Waals surface area contributed by atoms with Crippen LogP contribution in [0.4, 0.5) is 0 Å². The first kappa shape index (κ1) is 27.2. The smallest absolute Gasteiger partial charge is 0.416 e. The van der Waals surface area contributed by atoms with Gasteiger partial charge in [-0.3, -0.25) is 0 Å². The van der Waals surface area contributed by atoms with E-state index in [1.54, 1.807) is 0 Å². The van der Waals surface area contributed by atoms with Crippen LogP contribution in [-0.2, 0) is 22.4 Å². The topological polar surface area (TPSA) is 46.2 Å². The van der Waals surface area contributed by atoms with E-state index in [0.29, 0.717) is 55.7 Å². The minimum absolute atomic E-state index is 0.604. The molecule has 0 aliphatic carbocycles. The fraction of sp³-hybridized carbons (Fsp3) is 1.00. The second-order valence-electron chi connectivity index (χ2n) is 7.86. The first-order chi connectivity index (χ1) is 12.7. The average molecular weight is 423 g/mol. The Bertz CT molecular complexity index is 325. The van der Waals surface area contributed by atoms with Gasteiger partial charge in [-0.15, -0.1) is 0 Å². The van der Waals surface area contributed by atoms with Gasteiger partial charge in [-0.05, 0) is 43.8 Å². The molecule has 0 heterocycles. The van der Waals surface area contributed by atoms with Crippen LogP contribution in [0.5, 0.6) is 0 Å². The maximum Gasteiger partial charge on any atom is 0.503 e. The van der Waals surface area contributed by atoms with Gasteiger partial charge in [-0.1, -0.05) is 41.5 Å². The third kappa shape index (κ3) is 8.64. The number of hydrogen-bond acceptors (Lipinski definition) is 5. The molecule has 0 aromatic carbocycles. The molecule has 0 aromatic heterocycles. The van der Waals surface area contributed by atoms with Gasteiger partial charge in [0.25, 0.3) is 0 Å². The van der Waals surface area contributed by atoms with Crippen LogP contribution in [0.3, 0.4) is 0 Å². The number of rotatable bonds is 17. The molecule has 7 heteroatoms. The Hall–Kier alpha value is 0.234. The molecule has 0 rings (SSSR count). The second-order valence-corrected chi connectivity index (χ2v) is 16.1. The van der Waals surface area contributed by atoms with E-state index in [2.05, 4.69) is 41.5 Å². The molecule has 0 aliphatic heterocycles. The SMILES string of the molecule is CCO[Si](CCOCCCO[Si](C(C)C)(C(C)C)C(C)C)(OCC)OCC. The molecule has 0 fully saturated rings. The average Bonchev–Trinajstić information content (AvgIpc) is 2.57. The summed E-state index contributed by atoms with van der Waals surface area (Å²) in [6, 6.07) is 0.700. The van der Waals surface area contributed by atoms with Gasteiger partial charge in [-0.25, -0.2) is 0 Å². The highest BCUT2D eigenvalue weighted by Crippen LogP contribution is 2.42. The van der Waals surface area contributed by atoms with E-state index in [4.69, 9.17) is 22.4 Å². The summed E-state index contributed by atoms with van der Waals surface area (Å²) in [6.07, 6.45) is 0.924. The summed E-state index contributed by atoms with van der Waals surface area (Å²) in [5.41, 5.74) is 1.86. The Labute approximate surface area is 170 Å². The van der Waals surface area contributed by atoms with Crippen molar-refractivity contribution in [1.29, 1.82) is 0 Å². The zero-order valence-corrected chi connectivity index (χ0v) is 21.4. The summed E-state index contributed by atoms with van der Waals surface area (Å²) in [6.45, 7) is 23.8. The standard InChI is InChI=1S/C20H46O5Si2/c1-10-22-26(23-11-2,24-12-3)17-16-21-14-13-15-25-27(18(4)5,19(6)7)20(8)9/h18-20H,10-17H2,1-9H3. The molecule has 0 spiro atoms. The normalized spacial score (nSPS) is 13.3. The van der Waals surface area contributed by atoms with E-state index in [0.717, 1.165) is 13.0 Å². The van der Waals surface area contributed by atoms with Crippen molar-refractivity contribution in [2.24, 2.45) is 0 Å². The van der Waals surface area contributed by atoms with Crippen molar-refractivity contribution in [1.82, 2.24) is 0 Å². The molecule has 0 saturated carbocycles. The Morgan fingerprint density at radius 1 is 0.593 bits per heavy atom. The van der Waals surface area contributed by atoms with Crippen molar-refractivity contribution in [3.8, 4) is 0 Å². The molecule has 27 heavy (non-hydrogen) atoms. The van der Waals surface area contributed by atoms with Crippen molar-refractivity contribution in [3.63, 3.8) is 0 Å². The highest BCUT2D eigenvalue weighted by Gasteiger charge is 2.44. The lowest BCUT2D eigenvalue weighted by molar-refractivity contribution is 0.0561. The summed E-state index contributed by atoms with van der Waals surface area (Å²) >= 11 is 0. The third-order valence-corrected chi connectivity index (χ3v) is 14.3. The molecular formula is C20H46O5Si2. The first-order valence-corrected chi connectivity index (χ1v) is 14.9. The van der Waals surface area contributed by atoms with Gasteiger partial charge >= 0.3 is 8.80 Å². The van der Waals surface area contributed by atoms with E-state index < -0.39 is 17.1 Å². The van der Waals surface area contributed by atoms with Gasteiger partial charge in [0.1, 0.15) is 0 Å². The Morgan fingerprint density at radius 3 is 1.41 bits per heavy atom. The fourth-order valence-electron chi connectivity index (χ4n) is 4.21. The van der Waals surface area contributed by atoms with E-state index in [9.17, 15) is 0 Å². The largest absolute Gasteiger partial charge is 0.503 e. The molecule has 0 saturated heterocycles. The van der Waals surface area contributed by atoms with Crippen molar-refractivity contribution < 1.29 is 22.4 Å². The van der Waals surface area contributed by atoms with E-state index in [-0.39, 0.29) is 0 Å². The Balaban J connectivity index is 4.37. The molecule has 0 aromatic rings. The van der Waals surface area contributed by atoms with Crippen LogP contribution in [0.2, 0.25) is 22.7 Å². The summed E-state index contributed by atoms with van der Waals surface area (Å²) < 4.78 is 30.0. The number of ether oxygens (including phenoxy) is 1. The van der Waals surface area contributed by atoms with Gasteiger partial charge in [0.05, 0.1) is 6.61 Å². The number of hydrogen-bond donors (Lipinski definition) is 0. The monoisotopic (exact) mass is 422 g/mol. The molecular weight excluding hydrogens is 376 g/mol. The summed E-state index contributed by atoms with van der Waals surface area (Å²) in [5, 5.41) is 0. The van der Waals surface area contributed by atoms with Crippen LogP contribution < -0.4 is 0 Å². The van der Waals surface area contributed by atoms with E-state index in [1.807, 2.05) is 20.8 Å². The molecule has 0 radical (unpaired) electrons. The summed E-state index contributed by atoms with van der Waals surface area (Å²) in [7, 11) is -4.35. The lowest BCUT2D eigenvalue weighted by Crippen LogP contribution is -2.48. The molecule has 5 nitrogen and oxygen atoms in total. The van der Waals surface area contributed by atoms with E-state index in [1.165, 1.54) is 0 Å². The summed E-state index contributed by atoms with van der Waals surface area (Å²) in [4.78, 5) is 0. The van der Waals surface area contributed by atoms with Crippen molar-refractivity contribution in [2.75, 3.05) is 39.6 Å². The molecule has 0 bridgehead atoms. The van der Waals surface area contributed by atoms with Crippen LogP contribution in [0.15, 0.2) is 0 Å². The predicted molar refractivity (Wildman–Crippen MR) is 118 cm³/mol. The van der Waals surface area contributed by atoms with Gasteiger partial charge in [0.15, 0.2) is 8.32 Å². The predicted octanol–water partition coefficient (Wildman–Crippen LogP) is 5.63. The first-order valence-electron chi connectivity index (χ1n) is 10.9. The van der Waals surface area contributed by atoms with Crippen LogP contribution in [0, 0.1) is 0 Å². The van der Waals surface area contributed by atoms with Gasteiger partial charge in [-0.2, -0.15) is 0 Å². The molecule has 0 amide bonds. The molecule has 0 atom stereocenters. The zero-order valence-electron chi connectivity index (χ0n) is 19.4. The molecule has 0 N–H and O–H groups in total. The third-order valence-electron chi connectivity index (χ3n) is 5.14. The Kier molecular flexibility index (Phi) is 14.4. The van der Waals surface area contributed by atoms with Crippen molar-refractivity contribution in [3.05, 3.63) is 0 Å². The lowest BCUT2D eigenvalue weighted by atomic mass is 10.5. The summed E-state index contributed by atoms with van der Waals surface area (Å²) in [5.74, 6) is 0. The molecule has 0 aliphatic rings. The van der Waals surface area contributed by atoms with Crippen LogP contribution in [-0.4, -0.2) is 56.8 Å². The van der Waals surface area contributed by atoms with Crippen molar-refractivity contribution >= 4 is 17.1 Å². The van der Waals surface area contributed by atoms with Gasteiger partial charge < -0.3 is 22.4 Å². The van der Waals surface area contributed by atoms with Crippen LogP contribution in [0.1, 0.15) is 68.7 Å². The maximum absolute atomic E-state index is 6.57. The van der Waals surface area contributed by atoms with E-state index >= 15 is 0 Å². The van der Waals surface area contributed by atoms with Crippen LogP contribution >= 0.6 is 0 Å². The van der Waals surface area contributed by atoms with Crippen LogP contribution in [0.25, 0.3) is 0 Å². The Morgan fingerprint density at radius 2 is 1.04 bits per heavy atom. The highest BCUT2D eigenvalue weighted by atomic mass is 28.4. The quantitative estimate of drug-likeness (QED) is 0.224. The van der Waals surface area contributed by atoms with Gasteiger partial charge in [0.2, 0.25) is 0 Å². The zero-order chi connectivity index (χ0) is 20.9. The second kappa shape index (κ2) is 14.3. The lowest BCUT2D eigenvalue weighted by Gasteiger charge is -2.42. The fourth-order valence-corrected chi connectivity index (χ4v) is 12.1. The molecule has 164 valence electrons. The highest BCUT2D eigenvalue weighted by molar-refractivity contribution is 6.77. The minimum atomic E-state index is -2.59.